The maximum Gasteiger partial charge on any atom is 0.0703 e. The van der Waals surface area contributed by atoms with Crippen molar-refractivity contribution in [3.05, 3.63) is 180 Å². The molecule has 56 heavy (non-hydrogen) atoms. The Morgan fingerprint density at radius 3 is 1.88 bits per heavy atom. The van der Waals surface area contributed by atoms with Crippen molar-refractivity contribution in [1.29, 1.82) is 0 Å². The van der Waals surface area contributed by atoms with Crippen molar-refractivity contribution in [2.75, 3.05) is 7.05 Å². The van der Waals surface area contributed by atoms with Gasteiger partial charge in [-0.3, -0.25) is 0 Å². The average Bonchev–Trinajstić information content (AvgIpc) is 3.85. The summed E-state index contributed by atoms with van der Waals surface area (Å²) < 4.78 is 4.97. The Hall–Kier alpha value is -6.10. The maximum atomic E-state index is 5.33. The van der Waals surface area contributed by atoms with E-state index >= 15 is 0 Å². The molecule has 0 spiro atoms. The fourth-order valence-electron chi connectivity index (χ4n) is 7.42. The first-order chi connectivity index (χ1) is 27.5. The third-order valence-electron chi connectivity index (χ3n) is 9.71. The van der Waals surface area contributed by atoms with Crippen LogP contribution < -0.4 is 21.6 Å². The number of aromatic nitrogens is 2. The lowest BCUT2D eigenvalue weighted by Gasteiger charge is -2.19. The van der Waals surface area contributed by atoms with Gasteiger partial charge in [-0.1, -0.05) is 174 Å². The van der Waals surface area contributed by atoms with Crippen molar-refractivity contribution in [2.45, 2.75) is 60.9 Å². The topological polar surface area (TPSA) is 47.4 Å². The molecule has 0 saturated carbocycles. The first kappa shape index (κ1) is 41.1. The van der Waals surface area contributed by atoms with Crippen molar-refractivity contribution in [3.8, 4) is 5.69 Å². The molecule has 6 aromatic carbocycles. The molecule has 0 unspecified atom stereocenters. The van der Waals surface area contributed by atoms with Gasteiger partial charge in [-0.05, 0) is 68.1 Å². The summed E-state index contributed by atoms with van der Waals surface area (Å²) in [4.78, 5) is 0. The van der Waals surface area contributed by atoms with E-state index in [1.807, 2.05) is 65.9 Å². The molecule has 2 aromatic heterocycles. The Morgan fingerprint density at radius 2 is 1.25 bits per heavy atom. The second-order valence-electron chi connectivity index (χ2n) is 13.1. The molecule has 4 heteroatoms. The molecule has 8 aromatic rings. The second-order valence-corrected chi connectivity index (χ2v) is 13.1. The monoisotopic (exact) mass is 738 g/mol. The maximum absolute atomic E-state index is 5.33. The van der Waals surface area contributed by atoms with E-state index < -0.39 is 0 Å². The normalized spacial score (nSPS) is 11.4. The molecule has 0 bridgehead atoms. The van der Waals surface area contributed by atoms with Gasteiger partial charge in [0.15, 0.2) is 0 Å². The summed E-state index contributed by atoms with van der Waals surface area (Å²) in [7, 11) is 2.01. The number of para-hydroxylation sites is 4. The van der Waals surface area contributed by atoms with E-state index in [1.54, 1.807) is 6.08 Å². The molecule has 1 aliphatic rings. The SMILES string of the molecule is C=C/C(N)=C\CC.CC.CC.CNCc1ccc(-n2c3ccccc3c3cccc4c5c(n(c6ccccc62)c43)=CCC=5)c2ccccc12.Cc1ccccc1. The highest BCUT2D eigenvalue weighted by molar-refractivity contribution is 6.12. The highest BCUT2D eigenvalue weighted by Gasteiger charge is 2.17. The fraction of sp³-hybridized carbons (Fsp3) is 0.192. The molecule has 0 saturated heterocycles. The molecule has 0 amide bonds. The van der Waals surface area contributed by atoms with Crippen molar-refractivity contribution >= 4 is 61.1 Å². The number of hydrogen-bond donors (Lipinski definition) is 2. The molecule has 1 aliphatic carbocycles. The van der Waals surface area contributed by atoms with E-state index in [4.69, 9.17) is 5.73 Å². The summed E-state index contributed by atoms with van der Waals surface area (Å²) in [6.45, 7) is 16.4. The summed E-state index contributed by atoms with van der Waals surface area (Å²) in [5, 5.41) is 12.4. The third-order valence-corrected chi connectivity index (χ3v) is 9.71. The van der Waals surface area contributed by atoms with E-state index in [0.29, 0.717) is 0 Å². The Morgan fingerprint density at radius 1 is 0.661 bits per heavy atom. The summed E-state index contributed by atoms with van der Waals surface area (Å²) in [6.07, 6.45) is 10.3. The lowest BCUT2D eigenvalue weighted by molar-refractivity contribution is 0.823. The van der Waals surface area contributed by atoms with Gasteiger partial charge in [0, 0.05) is 39.0 Å². The smallest absolute Gasteiger partial charge is 0.0703 e. The summed E-state index contributed by atoms with van der Waals surface area (Å²) in [5.41, 5.74) is 14.8. The summed E-state index contributed by atoms with van der Waals surface area (Å²) >= 11 is 0. The molecule has 9 rings (SSSR count). The van der Waals surface area contributed by atoms with Gasteiger partial charge in [0.05, 0.1) is 33.1 Å². The molecule has 0 atom stereocenters. The van der Waals surface area contributed by atoms with E-state index in [9.17, 15) is 0 Å². The van der Waals surface area contributed by atoms with Crippen molar-refractivity contribution in [2.24, 2.45) is 5.73 Å². The van der Waals surface area contributed by atoms with Crippen molar-refractivity contribution < 1.29 is 0 Å². The first-order valence-corrected chi connectivity index (χ1v) is 20.1. The number of hydrogen-bond acceptors (Lipinski definition) is 2. The molecular formula is C52H58N4. The Balaban J connectivity index is 0.000000280. The lowest BCUT2D eigenvalue weighted by atomic mass is 10.0. The van der Waals surface area contributed by atoms with Crippen LogP contribution in [0.5, 0.6) is 0 Å². The van der Waals surface area contributed by atoms with Crippen LogP contribution in [-0.2, 0) is 6.54 Å². The van der Waals surface area contributed by atoms with Crippen LogP contribution in [0.15, 0.2) is 158 Å². The number of fused-ring (bicyclic) bond motifs is 8. The molecule has 3 N–H and O–H groups in total. The minimum Gasteiger partial charge on any atom is -0.399 e. The Labute approximate surface area is 333 Å². The zero-order valence-electron chi connectivity index (χ0n) is 34.3. The van der Waals surface area contributed by atoms with Gasteiger partial charge in [0.25, 0.3) is 0 Å². The molecule has 0 aliphatic heterocycles. The van der Waals surface area contributed by atoms with E-state index in [0.717, 1.165) is 25.1 Å². The number of nitrogens with two attached hydrogens (primary N) is 1. The zero-order chi connectivity index (χ0) is 40.0. The van der Waals surface area contributed by atoms with Gasteiger partial charge in [-0.2, -0.15) is 0 Å². The highest BCUT2D eigenvalue weighted by atomic mass is 15.0. The number of benzene rings is 6. The van der Waals surface area contributed by atoms with Crippen LogP contribution >= 0.6 is 0 Å². The predicted octanol–water partition coefficient (Wildman–Crippen LogP) is 12.1. The third kappa shape index (κ3) is 8.41. The highest BCUT2D eigenvalue weighted by Crippen LogP contribution is 2.34. The van der Waals surface area contributed by atoms with Gasteiger partial charge in [0.1, 0.15) is 0 Å². The largest absolute Gasteiger partial charge is 0.399 e. The standard InChI is InChI=1S/C35H27N3.C7H8.C6H11N.2C2H6/c1-36-22-23-20-21-32(25-11-3-2-10-24(23)25)37-30-16-5-4-12-26(30)28-14-8-15-29-27-13-9-19-31(27)38(35(28)29)34-18-7-6-17-33(34)37;1-7-5-3-2-4-6-7;1-3-5-6(7)4-2;2*1-2/h2-8,10-21,36H,9,22H2,1H3;2-6H,1H3;4-5H,2-3,7H2,1H3;2*1-2H3/b;;6-5+;;. The number of nitrogens with zero attached hydrogens (tertiary/aromatic N) is 2. The number of rotatable bonds is 5. The molecule has 0 radical (unpaired) electrons. The predicted molar refractivity (Wildman–Crippen MR) is 248 cm³/mol. The van der Waals surface area contributed by atoms with Crippen LogP contribution in [0, 0.1) is 6.92 Å². The molecule has 2 heterocycles. The van der Waals surface area contributed by atoms with Crippen molar-refractivity contribution in [3.63, 3.8) is 0 Å². The van der Waals surface area contributed by atoms with Gasteiger partial charge >= 0.3 is 0 Å². The minimum atomic E-state index is 0.766. The van der Waals surface area contributed by atoms with Crippen LogP contribution in [-0.4, -0.2) is 16.0 Å². The van der Waals surface area contributed by atoms with Crippen LogP contribution in [0.25, 0.3) is 66.8 Å². The number of aryl methyl sites for hydroxylation is 1. The molecule has 4 nitrogen and oxygen atoms in total. The van der Waals surface area contributed by atoms with E-state index in [2.05, 4.69) is 155 Å². The molecule has 0 fully saturated rings. The summed E-state index contributed by atoms with van der Waals surface area (Å²) in [5.74, 6) is 0. The van der Waals surface area contributed by atoms with E-state index in [-0.39, 0.29) is 0 Å². The Kier molecular flexibility index (Phi) is 14.7. The lowest BCUT2D eigenvalue weighted by Crippen LogP contribution is -2.22. The zero-order valence-corrected chi connectivity index (χ0v) is 34.3. The van der Waals surface area contributed by atoms with Gasteiger partial charge in [0.2, 0.25) is 0 Å². The molecular weight excluding hydrogens is 681 g/mol. The van der Waals surface area contributed by atoms with Crippen LogP contribution in [0.1, 0.15) is 58.6 Å². The number of allylic oxidation sites excluding steroid dienone is 2. The van der Waals surface area contributed by atoms with Crippen LogP contribution in [0.2, 0.25) is 0 Å². The van der Waals surface area contributed by atoms with Gasteiger partial charge in [-0.15, -0.1) is 0 Å². The molecule has 286 valence electrons. The Bertz CT molecular complexity index is 2740. The fourth-order valence-corrected chi connectivity index (χ4v) is 7.42. The summed E-state index contributed by atoms with van der Waals surface area (Å²) in [6, 6.07) is 48.2. The average molecular weight is 739 g/mol. The van der Waals surface area contributed by atoms with E-state index in [1.165, 1.54) is 76.4 Å². The van der Waals surface area contributed by atoms with Crippen LogP contribution in [0.3, 0.4) is 0 Å². The van der Waals surface area contributed by atoms with Gasteiger partial charge in [-0.25, -0.2) is 0 Å². The van der Waals surface area contributed by atoms with Gasteiger partial charge < -0.3 is 20.0 Å². The van der Waals surface area contributed by atoms with Crippen molar-refractivity contribution in [1.82, 2.24) is 14.3 Å². The van der Waals surface area contributed by atoms with Crippen LogP contribution in [0.4, 0.5) is 0 Å². The second kappa shape index (κ2) is 20.0. The number of nitrogens with one attached hydrogen (secondary N) is 1. The first-order valence-electron chi connectivity index (χ1n) is 20.1. The quantitative estimate of drug-likeness (QED) is 0.173. The minimum absolute atomic E-state index is 0.766.